The fourth-order valence-corrected chi connectivity index (χ4v) is 4.94. The summed E-state index contributed by atoms with van der Waals surface area (Å²) in [6, 6.07) is 4.93. The Kier molecular flexibility index (Phi) is 5.94. The van der Waals surface area contributed by atoms with Gasteiger partial charge in [0.05, 0.1) is 34.2 Å². The average molecular weight is 424 g/mol. The number of nitriles is 1. The van der Waals surface area contributed by atoms with Crippen LogP contribution in [0.1, 0.15) is 32.3 Å². The van der Waals surface area contributed by atoms with Gasteiger partial charge in [-0.2, -0.15) is 5.26 Å². The smallest absolute Gasteiger partial charge is 0.309 e. The summed E-state index contributed by atoms with van der Waals surface area (Å²) in [6.07, 6.45) is 2.90. The van der Waals surface area contributed by atoms with Gasteiger partial charge in [-0.25, -0.2) is 4.39 Å². The van der Waals surface area contributed by atoms with Crippen LogP contribution in [0.4, 0.5) is 10.1 Å². The molecule has 9 heteroatoms. The third-order valence-corrected chi connectivity index (χ3v) is 6.71. The molecule has 2 unspecified atom stereocenters. The van der Waals surface area contributed by atoms with Gasteiger partial charge in [0.15, 0.2) is 5.82 Å². The number of esters is 1. The van der Waals surface area contributed by atoms with E-state index in [1.807, 2.05) is 11.0 Å². The normalized spacial score (nSPS) is 24.5. The van der Waals surface area contributed by atoms with Gasteiger partial charge >= 0.3 is 5.97 Å². The lowest BCUT2D eigenvalue weighted by Crippen LogP contribution is -2.45. The Balaban J connectivity index is 1.90. The number of anilines is 1. The molecule has 1 amide bonds. The summed E-state index contributed by atoms with van der Waals surface area (Å²) in [7, 11) is 0. The molecule has 3 rings (SSSR count). The van der Waals surface area contributed by atoms with Crippen LogP contribution < -0.4 is 4.90 Å². The van der Waals surface area contributed by atoms with E-state index >= 15 is 4.39 Å². The fourth-order valence-electron chi connectivity index (χ4n) is 3.69. The second kappa shape index (κ2) is 7.93. The van der Waals surface area contributed by atoms with Crippen molar-refractivity contribution in [1.82, 2.24) is 4.90 Å². The van der Waals surface area contributed by atoms with Crippen molar-refractivity contribution in [3.05, 3.63) is 23.5 Å². The first-order chi connectivity index (χ1) is 13.2. The summed E-state index contributed by atoms with van der Waals surface area (Å²) >= 11 is 5.73. The highest BCUT2D eigenvalue weighted by atomic mass is 32.2. The molecule has 2 aliphatic heterocycles. The molecule has 0 N–H and O–H groups in total. The van der Waals surface area contributed by atoms with Crippen LogP contribution in [0.3, 0.4) is 0 Å². The number of halogens is 1. The number of thioether (sulfide) groups is 1. The van der Waals surface area contributed by atoms with Gasteiger partial charge in [0, 0.05) is 6.54 Å². The van der Waals surface area contributed by atoms with Crippen molar-refractivity contribution in [3.63, 3.8) is 0 Å². The lowest BCUT2D eigenvalue weighted by Gasteiger charge is -2.31. The lowest BCUT2D eigenvalue weighted by molar-refractivity contribution is -0.141. The lowest BCUT2D eigenvalue weighted by atomic mass is 10.0. The highest BCUT2D eigenvalue weighted by Crippen LogP contribution is 2.40. The van der Waals surface area contributed by atoms with Crippen LogP contribution in [-0.2, 0) is 14.3 Å². The Morgan fingerprint density at radius 3 is 2.71 bits per heavy atom. The highest BCUT2D eigenvalue weighted by molar-refractivity contribution is 7.98. The van der Waals surface area contributed by atoms with E-state index in [-0.39, 0.29) is 33.9 Å². The first kappa shape index (κ1) is 21.0. The number of hydrogen-bond donors (Lipinski definition) is 1. The van der Waals surface area contributed by atoms with Crippen molar-refractivity contribution in [2.24, 2.45) is 5.92 Å². The van der Waals surface area contributed by atoms with Crippen LogP contribution in [-0.4, -0.2) is 47.2 Å². The quantitative estimate of drug-likeness (QED) is 0.446. The number of hydrogen-bond acceptors (Lipinski definition) is 7. The minimum atomic E-state index is -0.908. The molecule has 1 aromatic carbocycles. The number of thiol groups is 1. The summed E-state index contributed by atoms with van der Waals surface area (Å²) in [5, 5.41) is 9.18. The number of benzene rings is 1. The second-order valence-corrected chi connectivity index (χ2v) is 8.59. The first-order valence-electron chi connectivity index (χ1n) is 8.95. The van der Waals surface area contributed by atoms with E-state index in [0.717, 1.165) is 11.8 Å². The maximum Gasteiger partial charge on any atom is 0.309 e. The van der Waals surface area contributed by atoms with Crippen LogP contribution in [0, 0.1) is 23.1 Å². The van der Waals surface area contributed by atoms with E-state index in [1.54, 1.807) is 20.1 Å². The minimum absolute atomic E-state index is 0.101. The van der Waals surface area contributed by atoms with Crippen molar-refractivity contribution in [2.45, 2.75) is 42.6 Å². The number of cyclic esters (lactones) is 1. The van der Waals surface area contributed by atoms with E-state index in [9.17, 15) is 14.9 Å². The Morgan fingerprint density at radius 2 is 2.14 bits per heavy atom. The molecule has 6 nitrogen and oxygen atoms in total. The van der Waals surface area contributed by atoms with Gasteiger partial charge in [-0.3, -0.25) is 19.4 Å². The Morgan fingerprint density at radius 1 is 1.43 bits per heavy atom. The first-order valence-corrected chi connectivity index (χ1v) is 10.7. The molecule has 2 saturated heterocycles. The fraction of sp³-hybridized carbons (Fsp3) is 0.526. The van der Waals surface area contributed by atoms with Gasteiger partial charge in [-0.1, -0.05) is 0 Å². The maximum absolute atomic E-state index is 15.1. The third-order valence-electron chi connectivity index (χ3n) is 5.39. The van der Waals surface area contributed by atoms with Crippen molar-refractivity contribution >= 4 is 42.0 Å². The van der Waals surface area contributed by atoms with Crippen molar-refractivity contribution in [2.75, 3.05) is 24.3 Å². The zero-order valence-electron chi connectivity index (χ0n) is 15.9. The maximum atomic E-state index is 15.1. The van der Waals surface area contributed by atoms with E-state index < -0.39 is 16.9 Å². The zero-order valence-corrected chi connectivity index (χ0v) is 17.6. The number of carbonyl (C=O) groups excluding carboxylic acids is 2. The molecule has 2 fully saturated rings. The predicted molar refractivity (Wildman–Crippen MR) is 108 cm³/mol. The van der Waals surface area contributed by atoms with Crippen LogP contribution in [0.5, 0.6) is 0 Å². The number of carbonyl (C=O) groups is 2. The van der Waals surface area contributed by atoms with Gasteiger partial charge in [-0.15, -0.1) is 24.4 Å². The number of nitrogens with zero attached hydrogens (tertiary/aromatic N) is 3. The second-order valence-electron chi connectivity index (χ2n) is 7.31. The zero-order chi connectivity index (χ0) is 20.6. The van der Waals surface area contributed by atoms with Crippen LogP contribution in [0.2, 0.25) is 0 Å². The Labute approximate surface area is 173 Å². The van der Waals surface area contributed by atoms with Gasteiger partial charge in [0.2, 0.25) is 5.91 Å². The van der Waals surface area contributed by atoms with Gasteiger partial charge in [0.25, 0.3) is 0 Å². The molecule has 2 aliphatic rings. The van der Waals surface area contributed by atoms with Crippen LogP contribution in [0.15, 0.2) is 17.0 Å². The Bertz CT molecular complexity index is 856. The summed E-state index contributed by atoms with van der Waals surface area (Å²) in [6.45, 7) is 4.41. The molecule has 1 aromatic rings. The molecule has 0 aliphatic carbocycles. The summed E-state index contributed by atoms with van der Waals surface area (Å²) in [4.78, 5) is 28.2. The topological polar surface area (TPSA) is 73.6 Å². The number of amides is 1. The van der Waals surface area contributed by atoms with Gasteiger partial charge in [0.1, 0.15) is 11.6 Å². The minimum Gasteiger partial charge on any atom is -0.465 e. The molecule has 0 spiro atoms. The third kappa shape index (κ3) is 3.38. The van der Waals surface area contributed by atoms with E-state index in [1.165, 1.54) is 17.0 Å². The molecule has 2 atom stereocenters. The van der Waals surface area contributed by atoms with Gasteiger partial charge in [-0.05, 0) is 45.1 Å². The van der Waals surface area contributed by atoms with Crippen LogP contribution in [0.25, 0.3) is 0 Å². The summed E-state index contributed by atoms with van der Waals surface area (Å²) in [5.74, 6) is -1.28. The van der Waals surface area contributed by atoms with Crippen molar-refractivity contribution in [3.8, 4) is 6.07 Å². The van der Waals surface area contributed by atoms with Gasteiger partial charge < -0.3 is 4.74 Å². The number of rotatable bonds is 5. The molecule has 0 saturated carbocycles. The molecular formula is C19H22FN3O3S2. The summed E-state index contributed by atoms with van der Waals surface area (Å²) in [5.41, 5.74) is -1.26. The molecule has 0 bridgehead atoms. The molecule has 0 radical (unpaired) electrons. The van der Waals surface area contributed by atoms with E-state index in [4.69, 9.17) is 4.74 Å². The monoisotopic (exact) mass is 423 g/mol. The molecule has 2 heterocycles. The van der Waals surface area contributed by atoms with E-state index in [0.29, 0.717) is 26.0 Å². The molecule has 0 aromatic heterocycles. The van der Waals surface area contributed by atoms with E-state index in [2.05, 4.69) is 12.6 Å². The highest BCUT2D eigenvalue weighted by Gasteiger charge is 2.51. The standard InChI is InChI=1S/C19H22FN3O3S2/c1-19(2)17(25)23(13-5-4-12(10-21)15(28-3)14(13)20)18(27)22(19)8-6-11-7-9-26-16(11)24/h4-5,11,18,27H,6-9H2,1-3H3. The van der Waals surface area contributed by atoms with Crippen molar-refractivity contribution < 1.29 is 18.7 Å². The average Bonchev–Trinajstić information content (AvgIpc) is 3.13. The largest absolute Gasteiger partial charge is 0.465 e. The Hall–Kier alpha value is -1.76. The number of ether oxygens (including phenoxy) is 1. The summed E-state index contributed by atoms with van der Waals surface area (Å²) < 4.78 is 20.1. The molecule has 150 valence electrons. The SMILES string of the molecule is CSc1c(C#N)ccc(N2C(=O)C(C)(C)N(CCC3CCOC3=O)C2S)c1F. The molecular weight excluding hydrogens is 401 g/mol. The van der Waals surface area contributed by atoms with Crippen LogP contribution >= 0.6 is 24.4 Å². The molecule has 28 heavy (non-hydrogen) atoms. The predicted octanol–water partition coefficient (Wildman–Crippen LogP) is 3.01. The van der Waals surface area contributed by atoms with Crippen molar-refractivity contribution in [1.29, 1.82) is 5.26 Å².